The van der Waals surface area contributed by atoms with E-state index in [0.29, 0.717) is 33.7 Å². The molecule has 0 unspecified atom stereocenters. The maximum absolute atomic E-state index is 12.2. The molecule has 10 heteroatoms. The van der Waals surface area contributed by atoms with Crippen LogP contribution < -0.4 is 15.0 Å². The largest absolute Gasteiger partial charge is 0.484 e. The Morgan fingerprint density at radius 3 is 2.74 bits per heavy atom. The molecule has 0 spiro atoms. The lowest BCUT2D eigenvalue weighted by Gasteiger charge is -2.21. The Labute approximate surface area is 185 Å². The van der Waals surface area contributed by atoms with Crippen LogP contribution in [0.4, 0.5) is 11.8 Å². The normalized spacial score (nSPS) is 15.0. The van der Waals surface area contributed by atoms with Crippen molar-refractivity contribution in [2.45, 2.75) is 13.3 Å². The summed E-state index contributed by atoms with van der Waals surface area (Å²) < 4.78 is 5.45. The van der Waals surface area contributed by atoms with Gasteiger partial charge in [-0.05, 0) is 51.2 Å². The molecule has 1 fully saturated rings. The van der Waals surface area contributed by atoms with Crippen LogP contribution in [0.15, 0.2) is 30.5 Å². The van der Waals surface area contributed by atoms with Gasteiger partial charge in [0.25, 0.3) is 5.91 Å². The van der Waals surface area contributed by atoms with Gasteiger partial charge in [0.15, 0.2) is 18.1 Å². The maximum Gasteiger partial charge on any atom is 0.263 e. The van der Waals surface area contributed by atoms with E-state index >= 15 is 0 Å². The highest BCUT2D eigenvalue weighted by molar-refractivity contribution is 6.30. The first-order valence-corrected chi connectivity index (χ1v) is 10.5. The van der Waals surface area contributed by atoms with Crippen molar-refractivity contribution in [2.75, 3.05) is 50.1 Å². The molecule has 1 saturated heterocycles. The molecule has 4 rings (SSSR count). The molecule has 0 bridgehead atoms. The minimum atomic E-state index is -0.340. The molecule has 2 aromatic heterocycles. The van der Waals surface area contributed by atoms with E-state index in [1.807, 2.05) is 6.92 Å². The fourth-order valence-electron chi connectivity index (χ4n) is 3.34. The first-order chi connectivity index (χ1) is 15.0. The number of nitrogens with one attached hydrogen (secondary N) is 1. The summed E-state index contributed by atoms with van der Waals surface area (Å²) in [6.45, 7) is 5.53. The average molecular weight is 442 g/mol. The van der Waals surface area contributed by atoms with E-state index in [-0.39, 0.29) is 12.5 Å². The van der Waals surface area contributed by atoms with Gasteiger partial charge in [0.2, 0.25) is 5.95 Å². The van der Waals surface area contributed by atoms with Gasteiger partial charge in [0.1, 0.15) is 11.3 Å². The summed E-state index contributed by atoms with van der Waals surface area (Å²) in [7, 11) is 2.12. The van der Waals surface area contributed by atoms with Crippen molar-refractivity contribution in [3.8, 4) is 5.75 Å². The Morgan fingerprint density at radius 2 is 1.94 bits per heavy atom. The van der Waals surface area contributed by atoms with Gasteiger partial charge in [-0.1, -0.05) is 11.6 Å². The number of fused-ring (bicyclic) bond motifs is 1. The van der Waals surface area contributed by atoms with Crippen molar-refractivity contribution in [1.29, 1.82) is 0 Å². The first-order valence-electron chi connectivity index (χ1n) is 10.1. The van der Waals surface area contributed by atoms with Gasteiger partial charge >= 0.3 is 0 Å². The fraction of sp³-hybridized carbons (Fsp3) is 0.381. The van der Waals surface area contributed by atoms with Crippen LogP contribution >= 0.6 is 11.6 Å². The van der Waals surface area contributed by atoms with Crippen LogP contribution in [0.1, 0.15) is 12.1 Å². The van der Waals surface area contributed by atoms with Gasteiger partial charge in [-0.25, -0.2) is 15.0 Å². The number of hydrogen-bond acceptors (Lipinski definition) is 8. The average Bonchev–Trinajstić information content (AvgIpc) is 2.98. The first kappa shape index (κ1) is 21.2. The minimum absolute atomic E-state index is 0.154. The molecule has 1 N–H and O–H groups in total. The van der Waals surface area contributed by atoms with Crippen molar-refractivity contribution >= 4 is 40.4 Å². The van der Waals surface area contributed by atoms with Gasteiger partial charge in [0, 0.05) is 24.7 Å². The molecule has 1 amide bonds. The predicted molar refractivity (Wildman–Crippen MR) is 120 cm³/mol. The van der Waals surface area contributed by atoms with Crippen molar-refractivity contribution in [3.63, 3.8) is 0 Å². The Morgan fingerprint density at radius 1 is 1.13 bits per heavy atom. The number of aryl methyl sites for hydroxylation is 1. The van der Waals surface area contributed by atoms with E-state index in [2.05, 4.69) is 42.1 Å². The van der Waals surface area contributed by atoms with Crippen LogP contribution in [0, 0.1) is 6.92 Å². The van der Waals surface area contributed by atoms with Gasteiger partial charge < -0.3 is 19.9 Å². The van der Waals surface area contributed by atoms with Gasteiger partial charge in [-0.3, -0.25) is 4.79 Å². The molecular formula is C21H24ClN7O2. The van der Waals surface area contributed by atoms with E-state index in [4.69, 9.17) is 16.3 Å². The molecular weight excluding hydrogens is 418 g/mol. The number of carbonyl (C=O) groups is 1. The number of nitrogens with zero attached hydrogens (tertiary/aromatic N) is 6. The molecule has 0 aliphatic carbocycles. The Kier molecular flexibility index (Phi) is 6.43. The number of likely N-dealkylation sites (N-methyl/N-ethyl adjacent to an activating group) is 1. The molecule has 1 aliphatic heterocycles. The Bertz CT molecular complexity index is 1080. The molecule has 0 saturated carbocycles. The van der Waals surface area contributed by atoms with E-state index in [0.717, 1.165) is 38.3 Å². The topological polar surface area (TPSA) is 96.4 Å². The molecule has 3 aromatic rings. The van der Waals surface area contributed by atoms with Crippen molar-refractivity contribution in [3.05, 3.63) is 41.2 Å². The quantitative estimate of drug-likeness (QED) is 0.645. The second-order valence-electron chi connectivity index (χ2n) is 7.47. The summed E-state index contributed by atoms with van der Waals surface area (Å²) in [5, 5.41) is 3.30. The monoisotopic (exact) mass is 441 g/mol. The van der Waals surface area contributed by atoms with Crippen LogP contribution in [0.25, 0.3) is 11.2 Å². The third-order valence-electron chi connectivity index (χ3n) is 5.02. The number of amides is 1. The zero-order valence-electron chi connectivity index (χ0n) is 17.5. The SMILES string of the molecule is Cc1nc(N2CCCN(C)CC2)nc2ncc(NC(=O)COc3ccc(Cl)cc3)nc12. The smallest absolute Gasteiger partial charge is 0.263 e. The summed E-state index contributed by atoms with van der Waals surface area (Å²) in [5.74, 6) is 1.21. The highest BCUT2D eigenvalue weighted by Gasteiger charge is 2.17. The molecule has 0 atom stereocenters. The highest BCUT2D eigenvalue weighted by atomic mass is 35.5. The third-order valence-corrected chi connectivity index (χ3v) is 5.27. The predicted octanol–water partition coefficient (Wildman–Crippen LogP) is 2.54. The number of carbonyl (C=O) groups excluding carboxylic acids is 1. The van der Waals surface area contributed by atoms with E-state index in [1.165, 1.54) is 6.20 Å². The Hall–Kier alpha value is -3.04. The lowest BCUT2D eigenvalue weighted by molar-refractivity contribution is -0.118. The second kappa shape index (κ2) is 9.40. The summed E-state index contributed by atoms with van der Waals surface area (Å²) in [5.41, 5.74) is 1.79. The second-order valence-corrected chi connectivity index (χ2v) is 7.91. The molecule has 9 nitrogen and oxygen atoms in total. The number of halogens is 1. The molecule has 31 heavy (non-hydrogen) atoms. The van der Waals surface area contributed by atoms with Gasteiger partial charge in [-0.15, -0.1) is 0 Å². The summed E-state index contributed by atoms with van der Waals surface area (Å²) >= 11 is 5.84. The minimum Gasteiger partial charge on any atom is -0.484 e. The highest BCUT2D eigenvalue weighted by Crippen LogP contribution is 2.19. The van der Waals surface area contributed by atoms with Crippen LogP contribution in [0.3, 0.4) is 0 Å². The fourth-order valence-corrected chi connectivity index (χ4v) is 3.46. The molecule has 0 radical (unpaired) electrons. The number of rotatable bonds is 5. The van der Waals surface area contributed by atoms with E-state index < -0.39 is 0 Å². The standard InChI is InChI=1S/C21H24ClN7O2/c1-14-19-20(27-21(24-14)29-9-3-8-28(2)10-11-29)23-12-17(26-19)25-18(30)13-31-16-6-4-15(22)5-7-16/h4-7,12H,3,8-11,13H2,1-2H3,(H,25,26,30). The number of anilines is 2. The lowest BCUT2D eigenvalue weighted by Crippen LogP contribution is -2.30. The van der Waals surface area contributed by atoms with Crippen LogP contribution in [0.2, 0.25) is 5.02 Å². The zero-order valence-corrected chi connectivity index (χ0v) is 18.3. The molecule has 3 heterocycles. The number of aromatic nitrogens is 4. The van der Waals surface area contributed by atoms with Crippen molar-refractivity contribution < 1.29 is 9.53 Å². The molecule has 1 aliphatic rings. The third kappa shape index (κ3) is 5.36. The van der Waals surface area contributed by atoms with Crippen molar-refractivity contribution in [2.24, 2.45) is 0 Å². The summed E-state index contributed by atoms with van der Waals surface area (Å²) in [6, 6.07) is 6.80. The maximum atomic E-state index is 12.2. The summed E-state index contributed by atoms with van der Waals surface area (Å²) in [6.07, 6.45) is 2.56. The zero-order chi connectivity index (χ0) is 21.8. The van der Waals surface area contributed by atoms with Crippen LogP contribution in [-0.2, 0) is 4.79 Å². The van der Waals surface area contributed by atoms with Crippen molar-refractivity contribution in [1.82, 2.24) is 24.8 Å². The summed E-state index contributed by atoms with van der Waals surface area (Å²) in [4.78, 5) is 34.8. The molecule has 1 aromatic carbocycles. The number of ether oxygens (including phenoxy) is 1. The Balaban J connectivity index is 1.44. The lowest BCUT2D eigenvalue weighted by atomic mass is 10.3. The van der Waals surface area contributed by atoms with Gasteiger partial charge in [0.05, 0.1) is 11.9 Å². The van der Waals surface area contributed by atoms with Crippen LogP contribution in [0.5, 0.6) is 5.75 Å². The number of hydrogen-bond donors (Lipinski definition) is 1. The van der Waals surface area contributed by atoms with Crippen LogP contribution in [-0.4, -0.2) is 70.6 Å². The van der Waals surface area contributed by atoms with E-state index in [1.54, 1.807) is 24.3 Å². The van der Waals surface area contributed by atoms with Gasteiger partial charge in [-0.2, -0.15) is 4.98 Å². The molecule has 162 valence electrons. The van der Waals surface area contributed by atoms with E-state index in [9.17, 15) is 4.79 Å². The number of benzene rings is 1.